The summed E-state index contributed by atoms with van der Waals surface area (Å²) in [5.74, 6) is -1.32. The zero-order chi connectivity index (χ0) is 19.3. The van der Waals surface area contributed by atoms with Crippen LogP contribution in [0.2, 0.25) is 0 Å². The monoisotopic (exact) mass is 371 g/mol. The number of urea groups is 1. The van der Waals surface area contributed by atoms with E-state index in [1.165, 1.54) is 19.4 Å². The number of carbonyl (C=O) groups is 1. The molecule has 2 amide bonds. The summed E-state index contributed by atoms with van der Waals surface area (Å²) >= 11 is 0. The largest absolute Gasteiger partial charge is 0.459 e. The molecule has 0 saturated carbocycles. The summed E-state index contributed by atoms with van der Waals surface area (Å²) in [7, 11) is 0. The van der Waals surface area contributed by atoms with Crippen LogP contribution in [0.5, 0.6) is 5.75 Å². The maximum Gasteiger partial charge on any atom is 0.319 e. The third kappa shape index (κ3) is 6.25. The number of nitrogens with zero attached hydrogens (tertiary/aromatic N) is 1. The van der Waals surface area contributed by atoms with E-state index in [9.17, 15) is 9.18 Å². The highest BCUT2D eigenvalue weighted by Crippen LogP contribution is 2.21. The van der Waals surface area contributed by atoms with E-state index < -0.39 is 5.85 Å². The highest BCUT2D eigenvalue weighted by molar-refractivity contribution is 5.89. The molecule has 0 radical (unpaired) electrons. The van der Waals surface area contributed by atoms with Crippen LogP contribution in [0.3, 0.4) is 0 Å². The van der Waals surface area contributed by atoms with E-state index in [1.54, 1.807) is 24.3 Å². The van der Waals surface area contributed by atoms with Crippen LogP contribution in [-0.2, 0) is 6.54 Å². The molecule has 0 aromatic heterocycles. The fourth-order valence-electron chi connectivity index (χ4n) is 3.17. The van der Waals surface area contributed by atoms with Crippen LogP contribution < -0.4 is 15.4 Å². The Kier molecular flexibility index (Phi) is 5.96. The van der Waals surface area contributed by atoms with E-state index in [1.807, 2.05) is 18.2 Å². The first-order valence-corrected chi connectivity index (χ1v) is 9.19. The van der Waals surface area contributed by atoms with Gasteiger partial charge in [-0.1, -0.05) is 30.3 Å². The highest BCUT2D eigenvalue weighted by Gasteiger charge is 2.24. The SMILES string of the molecule is CC(C)(F)Oc1ccc(NC(=O)NC2CCN(Cc3ccccc3)C2)cc1. The van der Waals surface area contributed by atoms with Crippen molar-refractivity contribution in [2.24, 2.45) is 0 Å². The van der Waals surface area contributed by atoms with Gasteiger partial charge in [0.2, 0.25) is 5.85 Å². The molecule has 2 aromatic rings. The van der Waals surface area contributed by atoms with Crippen molar-refractivity contribution in [2.75, 3.05) is 18.4 Å². The van der Waals surface area contributed by atoms with E-state index in [-0.39, 0.29) is 12.1 Å². The van der Waals surface area contributed by atoms with Crippen molar-refractivity contribution in [1.29, 1.82) is 0 Å². The van der Waals surface area contributed by atoms with Crippen molar-refractivity contribution < 1.29 is 13.9 Å². The molecule has 0 bridgehead atoms. The summed E-state index contributed by atoms with van der Waals surface area (Å²) in [6.07, 6.45) is 0.929. The van der Waals surface area contributed by atoms with Gasteiger partial charge < -0.3 is 15.4 Å². The molecule has 0 spiro atoms. The van der Waals surface area contributed by atoms with Crippen LogP contribution in [0.15, 0.2) is 54.6 Å². The number of rotatable bonds is 6. The summed E-state index contributed by atoms with van der Waals surface area (Å²) in [5.41, 5.74) is 1.91. The lowest BCUT2D eigenvalue weighted by Crippen LogP contribution is -2.39. The van der Waals surface area contributed by atoms with Gasteiger partial charge in [-0.25, -0.2) is 4.79 Å². The Balaban J connectivity index is 1.44. The van der Waals surface area contributed by atoms with Gasteiger partial charge in [-0.15, -0.1) is 0 Å². The van der Waals surface area contributed by atoms with Crippen molar-refractivity contribution in [2.45, 2.75) is 38.7 Å². The van der Waals surface area contributed by atoms with E-state index in [2.05, 4.69) is 27.7 Å². The second-order valence-electron chi connectivity index (χ2n) is 7.29. The minimum atomic E-state index is -1.74. The van der Waals surface area contributed by atoms with Crippen molar-refractivity contribution >= 4 is 11.7 Å². The fourth-order valence-corrected chi connectivity index (χ4v) is 3.17. The Morgan fingerprint density at radius 1 is 1.19 bits per heavy atom. The first-order valence-electron chi connectivity index (χ1n) is 9.19. The molecule has 5 nitrogen and oxygen atoms in total. The number of hydrogen-bond acceptors (Lipinski definition) is 3. The predicted molar refractivity (Wildman–Crippen MR) is 105 cm³/mol. The van der Waals surface area contributed by atoms with Crippen molar-refractivity contribution in [3.8, 4) is 5.75 Å². The molecular weight excluding hydrogens is 345 g/mol. The van der Waals surface area contributed by atoms with Gasteiger partial charge in [0.15, 0.2) is 0 Å². The Morgan fingerprint density at radius 2 is 1.89 bits per heavy atom. The number of likely N-dealkylation sites (tertiary alicyclic amines) is 1. The molecule has 1 fully saturated rings. The number of nitrogens with one attached hydrogen (secondary N) is 2. The van der Waals surface area contributed by atoms with Crippen molar-refractivity contribution in [3.05, 3.63) is 60.2 Å². The summed E-state index contributed by atoms with van der Waals surface area (Å²) in [6.45, 7) is 5.38. The number of carbonyl (C=O) groups excluding carboxylic acids is 1. The molecular formula is C21H26FN3O2. The Morgan fingerprint density at radius 3 is 2.56 bits per heavy atom. The van der Waals surface area contributed by atoms with Crippen molar-refractivity contribution in [1.82, 2.24) is 10.2 Å². The van der Waals surface area contributed by atoms with Gasteiger partial charge in [-0.3, -0.25) is 4.90 Å². The van der Waals surface area contributed by atoms with Gasteiger partial charge in [0.1, 0.15) is 5.75 Å². The number of ether oxygens (including phenoxy) is 1. The number of halogens is 1. The molecule has 6 heteroatoms. The van der Waals surface area contributed by atoms with E-state index >= 15 is 0 Å². The third-order valence-electron chi connectivity index (χ3n) is 4.33. The van der Waals surface area contributed by atoms with Crippen LogP contribution in [0.4, 0.5) is 14.9 Å². The fraction of sp³-hybridized carbons (Fsp3) is 0.381. The lowest BCUT2D eigenvalue weighted by Gasteiger charge is -2.18. The van der Waals surface area contributed by atoms with E-state index in [4.69, 9.17) is 4.74 Å². The molecule has 2 N–H and O–H groups in total. The van der Waals surface area contributed by atoms with Crippen LogP contribution in [0.25, 0.3) is 0 Å². The maximum absolute atomic E-state index is 13.5. The number of anilines is 1. The van der Waals surface area contributed by atoms with Crippen LogP contribution in [0, 0.1) is 0 Å². The zero-order valence-electron chi connectivity index (χ0n) is 15.7. The highest BCUT2D eigenvalue weighted by atomic mass is 19.2. The van der Waals surface area contributed by atoms with Crippen LogP contribution in [0.1, 0.15) is 25.8 Å². The summed E-state index contributed by atoms with van der Waals surface area (Å²) in [6, 6.07) is 16.9. The minimum absolute atomic E-state index is 0.128. The molecule has 2 aromatic carbocycles. The van der Waals surface area contributed by atoms with E-state index in [0.717, 1.165) is 26.1 Å². The number of benzene rings is 2. The quantitative estimate of drug-likeness (QED) is 0.801. The molecule has 27 heavy (non-hydrogen) atoms. The van der Waals surface area contributed by atoms with Crippen LogP contribution in [-0.4, -0.2) is 35.9 Å². The molecule has 1 aliphatic rings. The number of amides is 2. The smallest absolute Gasteiger partial charge is 0.319 e. The molecule has 144 valence electrons. The van der Waals surface area contributed by atoms with Gasteiger partial charge in [0, 0.05) is 45.2 Å². The summed E-state index contributed by atoms with van der Waals surface area (Å²) < 4.78 is 18.6. The zero-order valence-corrected chi connectivity index (χ0v) is 15.7. The summed E-state index contributed by atoms with van der Waals surface area (Å²) in [5, 5.41) is 5.82. The second kappa shape index (κ2) is 8.39. The topological polar surface area (TPSA) is 53.6 Å². The minimum Gasteiger partial charge on any atom is -0.459 e. The average Bonchev–Trinajstić information content (AvgIpc) is 3.03. The standard InChI is InChI=1S/C21H26FN3O2/c1-21(2,22)27-19-10-8-17(9-11-19)23-20(26)24-18-12-13-25(15-18)14-16-6-4-3-5-7-16/h3-11,18H,12-15H2,1-2H3,(H2,23,24,26). The average molecular weight is 371 g/mol. The molecule has 1 atom stereocenters. The van der Waals surface area contributed by atoms with Gasteiger partial charge in [0.05, 0.1) is 0 Å². The maximum atomic E-state index is 13.5. The number of alkyl halides is 1. The second-order valence-corrected chi connectivity index (χ2v) is 7.29. The first-order chi connectivity index (χ1) is 12.9. The molecule has 3 rings (SSSR count). The molecule has 1 unspecified atom stereocenters. The van der Waals surface area contributed by atoms with Gasteiger partial charge >= 0.3 is 6.03 Å². The Bertz CT molecular complexity index is 744. The third-order valence-corrected chi connectivity index (χ3v) is 4.33. The summed E-state index contributed by atoms with van der Waals surface area (Å²) in [4.78, 5) is 14.6. The van der Waals surface area contributed by atoms with Gasteiger partial charge in [-0.2, -0.15) is 4.39 Å². The number of hydrogen-bond donors (Lipinski definition) is 2. The predicted octanol–water partition coefficient (Wildman–Crippen LogP) is 4.17. The lowest BCUT2D eigenvalue weighted by atomic mass is 10.2. The van der Waals surface area contributed by atoms with Crippen LogP contribution >= 0.6 is 0 Å². The Labute approximate surface area is 159 Å². The molecule has 1 heterocycles. The van der Waals surface area contributed by atoms with Gasteiger partial charge in [-0.05, 0) is 36.2 Å². The Hall–Kier alpha value is -2.60. The lowest BCUT2D eigenvalue weighted by molar-refractivity contribution is -0.0256. The normalized spacial score (nSPS) is 17.5. The van der Waals surface area contributed by atoms with Crippen molar-refractivity contribution in [3.63, 3.8) is 0 Å². The van der Waals surface area contributed by atoms with E-state index in [0.29, 0.717) is 11.4 Å². The first kappa shape index (κ1) is 19.2. The molecule has 0 aliphatic carbocycles. The molecule has 1 aliphatic heterocycles. The van der Waals surface area contributed by atoms with Gasteiger partial charge in [0.25, 0.3) is 0 Å². The molecule has 1 saturated heterocycles.